The molecule has 0 atom stereocenters. The number of nitrogens with zero attached hydrogens (tertiary/aromatic N) is 2. The molecule has 0 radical (unpaired) electrons. The van der Waals surface area contributed by atoms with Crippen molar-refractivity contribution >= 4 is 0 Å². The Morgan fingerprint density at radius 3 is 1.62 bits per heavy atom. The molecule has 0 aliphatic carbocycles. The van der Waals surface area contributed by atoms with Gasteiger partial charge in [0.25, 0.3) is 5.09 Å². The van der Waals surface area contributed by atoms with Gasteiger partial charge in [0.15, 0.2) is 5.34 Å². The summed E-state index contributed by atoms with van der Waals surface area (Å²) >= 11 is 0. The highest BCUT2D eigenvalue weighted by Crippen LogP contribution is 1.38. The summed E-state index contributed by atoms with van der Waals surface area (Å²) in [5.41, 5.74) is 0. The summed E-state index contributed by atoms with van der Waals surface area (Å²) in [5, 5.41) is 21.5. The van der Waals surface area contributed by atoms with E-state index in [9.17, 15) is 0 Å². The molecule has 0 unspecified atom stereocenters. The van der Waals surface area contributed by atoms with Gasteiger partial charge in [-0.25, -0.2) is 0 Å². The highest BCUT2D eigenvalue weighted by Gasteiger charge is 1.65. The number of hydrogen-bond acceptors (Lipinski definition) is 5. The highest BCUT2D eigenvalue weighted by molar-refractivity contribution is 3.84. The molecule has 8 nitrogen and oxygen atoms in total. The van der Waals surface area contributed by atoms with Crippen molar-refractivity contribution in [1.82, 2.24) is 6.15 Å². The maximum Gasteiger partial charge on any atom is 0.291 e. The molecule has 0 fully saturated rings. The van der Waals surface area contributed by atoms with Gasteiger partial charge in [-0.3, -0.25) is 0 Å². The van der Waals surface area contributed by atoms with Gasteiger partial charge in [-0.1, -0.05) is 0 Å². The molecule has 0 aromatic rings. The third kappa shape index (κ3) is 27.9. The lowest BCUT2D eigenvalue weighted by Crippen LogP contribution is -1.81. The van der Waals surface area contributed by atoms with Crippen LogP contribution in [0.15, 0.2) is 5.34 Å². The number of rotatable bonds is 0. The van der Waals surface area contributed by atoms with E-state index in [1.165, 1.54) is 5.34 Å². The van der Waals surface area contributed by atoms with Crippen LogP contribution >= 0.6 is 0 Å². The van der Waals surface area contributed by atoms with E-state index in [1.807, 2.05) is 0 Å². The Labute approximate surface area is 43.4 Å². The molecule has 0 saturated heterocycles. The van der Waals surface area contributed by atoms with Crippen LogP contribution in [0.3, 0.4) is 0 Å². The van der Waals surface area contributed by atoms with E-state index in [1.54, 1.807) is 0 Å². The number of hydrogen-bond donors (Lipinski definition) is 3. The zero-order valence-corrected chi connectivity index (χ0v) is 3.72. The summed E-state index contributed by atoms with van der Waals surface area (Å²) in [7, 11) is 0. The van der Waals surface area contributed by atoms with E-state index >= 15 is 0 Å². The topological polar surface area (TPSA) is 148 Å². The third-order valence-corrected chi connectivity index (χ3v) is 0. The summed E-state index contributed by atoms with van der Waals surface area (Å²) in [5.74, 6) is 0. The van der Waals surface area contributed by atoms with Crippen molar-refractivity contribution in [1.29, 1.82) is 0 Å². The fourth-order valence-electron chi connectivity index (χ4n) is 0. The van der Waals surface area contributed by atoms with Gasteiger partial charge in [0, 0.05) is 0 Å². The first-order chi connectivity index (χ1) is 3.15. The Kier molecular flexibility index (Phi) is 35.3. The Balaban J connectivity index is -0.0000000575. The standard InChI is InChI=1S/HNO3.HNO2.H3N/c2-1(3)4;2-1-3;/h(H,2,3,4);(H,2,3);1H3. The Bertz CT molecular complexity index is 54.7. The zero-order chi connectivity index (χ0) is 6.28. The Morgan fingerprint density at radius 2 is 1.62 bits per heavy atom. The van der Waals surface area contributed by atoms with Crippen molar-refractivity contribution in [3.8, 4) is 0 Å². The van der Waals surface area contributed by atoms with Gasteiger partial charge < -0.3 is 16.6 Å². The minimum Gasteiger partial charge on any atom is -0.379 e. The van der Waals surface area contributed by atoms with Crippen LogP contribution in [0.25, 0.3) is 0 Å². The monoisotopic (exact) mass is 127 g/mol. The summed E-state index contributed by atoms with van der Waals surface area (Å²) in [4.78, 5) is 16.5. The lowest BCUT2D eigenvalue weighted by molar-refractivity contribution is -0.742. The summed E-state index contributed by atoms with van der Waals surface area (Å²) in [6.45, 7) is 0. The minimum atomic E-state index is -1.50. The molecule has 0 amide bonds. The van der Waals surface area contributed by atoms with Crippen LogP contribution < -0.4 is 6.15 Å². The molecule has 8 heavy (non-hydrogen) atoms. The molecule has 0 aliphatic rings. The molecule has 0 heterocycles. The highest BCUT2D eigenvalue weighted by atomic mass is 16.9. The third-order valence-electron chi connectivity index (χ3n) is 0. The van der Waals surface area contributed by atoms with Gasteiger partial charge >= 0.3 is 0 Å². The van der Waals surface area contributed by atoms with Gasteiger partial charge in [0.05, 0.1) is 0 Å². The van der Waals surface area contributed by atoms with Crippen molar-refractivity contribution in [2.24, 2.45) is 5.34 Å². The second kappa shape index (κ2) is 17.6. The fourth-order valence-corrected chi connectivity index (χ4v) is 0. The smallest absolute Gasteiger partial charge is 0.291 e. The molecule has 0 bridgehead atoms. The second-order valence-electron chi connectivity index (χ2n) is 0.319. The molecule has 50 valence electrons. The van der Waals surface area contributed by atoms with Gasteiger partial charge in [0.1, 0.15) is 0 Å². The molecule has 0 rings (SSSR count). The first-order valence-electron chi connectivity index (χ1n) is 0.948. The van der Waals surface area contributed by atoms with Crippen LogP contribution in [0.4, 0.5) is 0 Å². The van der Waals surface area contributed by atoms with Crippen LogP contribution in [0, 0.1) is 15.0 Å². The van der Waals surface area contributed by atoms with E-state index in [0.29, 0.717) is 0 Å². The van der Waals surface area contributed by atoms with E-state index in [0.717, 1.165) is 0 Å². The van der Waals surface area contributed by atoms with Crippen molar-refractivity contribution in [2.75, 3.05) is 0 Å². The minimum absolute atomic E-state index is 0. The normalized spacial score (nSPS) is 4.50. The Morgan fingerprint density at radius 1 is 1.62 bits per heavy atom. The van der Waals surface area contributed by atoms with Crippen molar-refractivity contribution in [3.05, 3.63) is 15.0 Å². The molecule has 0 saturated carbocycles. The molecular formula is H5N3O5. The molecule has 0 spiro atoms. The summed E-state index contributed by atoms with van der Waals surface area (Å²) in [6, 6.07) is 0. The Hall–Kier alpha value is -1.44. The molecule has 5 N–H and O–H groups in total. The van der Waals surface area contributed by atoms with Crippen LogP contribution in [0.2, 0.25) is 0 Å². The maximum absolute atomic E-state index is 8.36. The quantitative estimate of drug-likeness (QED) is 0.236. The lowest BCUT2D eigenvalue weighted by atomic mass is 13.1. The van der Waals surface area contributed by atoms with Crippen LogP contribution in [-0.2, 0) is 0 Å². The van der Waals surface area contributed by atoms with Crippen molar-refractivity contribution < 1.29 is 15.5 Å². The molecule has 0 aliphatic heterocycles. The molecule has 8 heteroatoms. The summed E-state index contributed by atoms with van der Waals surface area (Å²) < 4.78 is 0. The first kappa shape index (κ1) is 16.0. The predicted molar refractivity (Wildman–Crippen MR) is 21.4 cm³/mol. The van der Waals surface area contributed by atoms with Crippen LogP contribution in [0.5, 0.6) is 0 Å². The molecule has 0 aromatic heterocycles. The van der Waals surface area contributed by atoms with Gasteiger partial charge in [0.2, 0.25) is 0 Å². The van der Waals surface area contributed by atoms with E-state index < -0.39 is 5.09 Å². The molecular weight excluding hydrogens is 122 g/mol. The van der Waals surface area contributed by atoms with E-state index in [-0.39, 0.29) is 6.15 Å². The summed E-state index contributed by atoms with van der Waals surface area (Å²) in [6.07, 6.45) is 0. The van der Waals surface area contributed by atoms with Gasteiger partial charge in [-0.05, 0) is 0 Å². The lowest BCUT2D eigenvalue weighted by Gasteiger charge is -1.56. The average molecular weight is 127 g/mol. The van der Waals surface area contributed by atoms with Crippen LogP contribution in [-0.4, -0.2) is 15.5 Å². The average Bonchev–Trinajstić information content (AvgIpc) is 1.33. The predicted octanol–water partition coefficient (Wildman–Crippen LogP) is -0.0437. The van der Waals surface area contributed by atoms with Crippen molar-refractivity contribution in [2.45, 2.75) is 0 Å². The van der Waals surface area contributed by atoms with Crippen LogP contribution in [0.1, 0.15) is 0 Å². The second-order valence-corrected chi connectivity index (χ2v) is 0.319. The van der Waals surface area contributed by atoms with E-state index in [4.69, 9.17) is 25.4 Å². The fraction of sp³-hybridized carbons (Fsp3) is 0. The van der Waals surface area contributed by atoms with E-state index in [2.05, 4.69) is 0 Å². The van der Waals surface area contributed by atoms with Gasteiger partial charge in [-0.2, -0.15) is 0 Å². The first-order valence-corrected chi connectivity index (χ1v) is 0.948. The largest absolute Gasteiger partial charge is 0.379 e. The van der Waals surface area contributed by atoms with Gasteiger partial charge in [-0.15, -0.1) is 15.0 Å². The zero-order valence-electron chi connectivity index (χ0n) is 3.72. The van der Waals surface area contributed by atoms with Crippen molar-refractivity contribution in [3.63, 3.8) is 0 Å². The maximum atomic E-state index is 8.36. The molecule has 0 aromatic carbocycles. The SMILES string of the molecule is N.O=NO.O=[N+]([O-])O.